The zero-order chi connectivity index (χ0) is 21.5. The molecule has 2 aromatic carbocycles. The van der Waals surface area contributed by atoms with Crippen LogP contribution < -0.4 is 10.1 Å². The second-order valence-corrected chi connectivity index (χ2v) is 9.07. The maximum atomic E-state index is 11.6. The number of hydrogen-bond acceptors (Lipinski definition) is 8. The molecule has 0 saturated heterocycles. The molecule has 30 heavy (non-hydrogen) atoms. The van der Waals surface area contributed by atoms with Gasteiger partial charge in [0.1, 0.15) is 12.4 Å². The largest absolute Gasteiger partial charge is 0.491 e. The first-order valence-corrected chi connectivity index (χ1v) is 11.5. The van der Waals surface area contributed by atoms with Crippen molar-refractivity contribution in [2.45, 2.75) is 37.6 Å². The van der Waals surface area contributed by atoms with Crippen LogP contribution in [0.25, 0.3) is 0 Å². The number of carbonyl (C=O) groups is 1. The lowest BCUT2D eigenvalue weighted by molar-refractivity contribution is 0.0987. The number of anilines is 2. The number of aryl methyl sites for hydroxylation is 1. The third-order valence-corrected chi connectivity index (χ3v) is 6.71. The van der Waals surface area contributed by atoms with Crippen LogP contribution in [0.5, 0.6) is 5.75 Å². The predicted molar refractivity (Wildman–Crippen MR) is 122 cm³/mol. The molecule has 0 radical (unpaired) electrons. The second kappa shape index (κ2) is 10.6. The van der Waals surface area contributed by atoms with Crippen LogP contribution in [0.2, 0.25) is 0 Å². The molecule has 1 atom stereocenters. The van der Waals surface area contributed by atoms with Crippen LogP contribution in [-0.2, 0) is 0 Å². The number of ether oxygens (including phenoxy) is 1. The lowest BCUT2D eigenvalue weighted by Gasteiger charge is -2.11. The first kappa shape index (κ1) is 22.3. The Labute approximate surface area is 184 Å². The van der Waals surface area contributed by atoms with Gasteiger partial charge in [-0.3, -0.25) is 4.79 Å². The SMILES string of the molecule is CCC(=O)c1ccc(OCC(O)CSc2nnc(Nc3cccc(C)c3C)s2)cc1. The number of rotatable bonds is 10. The van der Waals surface area contributed by atoms with E-state index in [4.69, 9.17) is 4.74 Å². The summed E-state index contributed by atoms with van der Waals surface area (Å²) in [5.74, 6) is 1.17. The molecular formula is C22H25N3O3S2. The number of thioether (sulfide) groups is 1. The maximum absolute atomic E-state index is 11.6. The molecule has 1 heterocycles. The zero-order valence-corrected chi connectivity index (χ0v) is 18.8. The number of benzene rings is 2. The van der Waals surface area contributed by atoms with Crippen molar-refractivity contribution >= 4 is 39.7 Å². The minimum Gasteiger partial charge on any atom is -0.491 e. The van der Waals surface area contributed by atoms with Gasteiger partial charge in [0.25, 0.3) is 0 Å². The van der Waals surface area contributed by atoms with Gasteiger partial charge in [-0.1, -0.05) is 42.2 Å². The third-order valence-electron chi connectivity index (χ3n) is 4.59. The molecule has 3 aromatic rings. The number of aromatic nitrogens is 2. The lowest BCUT2D eigenvalue weighted by atomic mass is 10.1. The molecule has 0 spiro atoms. The van der Waals surface area contributed by atoms with E-state index in [0.717, 1.165) is 15.2 Å². The highest BCUT2D eigenvalue weighted by atomic mass is 32.2. The van der Waals surface area contributed by atoms with Crippen LogP contribution in [0.3, 0.4) is 0 Å². The fourth-order valence-electron chi connectivity index (χ4n) is 2.67. The average Bonchev–Trinajstić information content (AvgIpc) is 3.21. The second-order valence-electron chi connectivity index (χ2n) is 6.82. The van der Waals surface area contributed by atoms with Crippen LogP contribution in [0.15, 0.2) is 46.8 Å². The van der Waals surface area contributed by atoms with E-state index in [1.807, 2.05) is 19.1 Å². The van der Waals surface area contributed by atoms with Gasteiger partial charge < -0.3 is 15.2 Å². The molecule has 0 aliphatic carbocycles. The minimum absolute atomic E-state index is 0.0986. The summed E-state index contributed by atoms with van der Waals surface area (Å²) in [5, 5.41) is 22.6. The Kier molecular flexibility index (Phi) is 7.84. The van der Waals surface area contributed by atoms with Crippen molar-refractivity contribution in [3.63, 3.8) is 0 Å². The molecule has 158 valence electrons. The summed E-state index contributed by atoms with van der Waals surface area (Å²) in [4.78, 5) is 11.6. The normalized spacial score (nSPS) is 11.9. The van der Waals surface area contributed by atoms with E-state index in [1.54, 1.807) is 24.3 Å². The van der Waals surface area contributed by atoms with E-state index in [-0.39, 0.29) is 12.4 Å². The van der Waals surface area contributed by atoms with Crippen LogP contribution in [0.1, 0.15) is 34.8 Å². The molecule has 0 aliphatic rings. The molecule has 8 heteroatoms. The van der Waals surface area contributed by atoms with Gasteiger partial charge in [-0.25, -0.2) is 0 Å². The van der Waals surface area contributed by atoms with E-state index in [9.17, 15) is 9.90 Å². The standard InChI is InChI=1S/C22H25N3O3S2/c1-4-20(27)16-8-10-18(11-9-16)28-12-17(26)13-29-22-25-24-21(30-22)23-19-7-5-6-14(2)15(19)3/h5-11,17,26H,4,12-13H2,1-3H3,(H,23,24). The van der Waals surface area contributed by atoms with E-state index >= 15 is 0 Å². The minimum atomic E-state index is -0.647. The van der Waals surface area contributed by atoms with Gasteiger partial charge >= 0.3 is 0 Å². The Hall–Kier alpha value is -2.42. The van der Waals surface area contributed by atoms with Gasteiger partial charge in [0.05, 0.1) is 6.10 Å². The Bertz CT molecular complexity index is 990. The quantitative estimate of drug-likeness (QED) is 0.336. The van der Waals surface area contributed by atoms with Gasteiger partial charge in [0.15, 0.2) is 10.1 Å². The molecule has 0 amide bonds. The topological polar surface area (TPSA) is 84.3 Å². The highest BCUT2D eigenvalue weighted by Crippen LogP contribution is 2.29. The third kappa shape index (κ3) is 6.04. The number of nitrogens with zero attached hydrogens (tertiary/aromatic N) is 2. The fraction of sp³-hybridized carbons (Fsp3) is 0.318. The number of nitrogens with one attached hydrogen (secondary N) is 1. The van der Waals surface area contributed by atoms with Crippen molar-refractivity contribution in [2.24, 2.45) is 0 Å². The monoisotopic (exact) mass is 443 g/mol. The molecular weight excluding hydrogens is 418 g/mol. The lowest BCUT2D eigenvalue weighted by Crippen LogP contribution is -2.20. The molecule has 0 aliphatic heterocycles. The van der Waals surface area contributed by atoms with Crippen LogP contribution in [-0.4, -0.2) is 39.6 Å². The van der Waals surface area contributed by atoms with Crippen LogP contribution in [0, 0.1) is 13.8 Å². The summed E-state index contributed by atoms with van der Waals surface area (Å²) < 4.78 is 6.40. The summed E-state index contributed by atoms with van der Waals surface area (Å²) in [7, 11) is 0. The van der Waals surface area contributed by atoms with Gasteiger partial charge in [0.2, 0.25) is 5.13 Å². The van der Waals surface area contributed by atoms with Crippen molar-refractivity contribution in [1.29, 1.82) is 0 Å². The highest BCUT2D eigenvalue weighted by Gasteiger charge is 2.11. The Morgan fingerprint density at radius 3 is 2.70 bits per heavy atom. The zero-order valence-electron chi connectivity index (χ0n) is 17.2. The molecule has 6 nitrogen and oxygen atoms in total. The fourth-order valence-corrected chi connectivity index (χ4v) is 4.37. The van der Waals surface area contributed by atoms with Gasteiger partial charge in [-0.05, 0) is 55.3 Å². The highest BCUT2D eigenvalue weighted by molar-refractivity contribution is 8.01. The number of aliphatic hydroxyl groups is 1. The summed E-state index contributed by atoms with van der Waals surface area (Å²) in [6.45, 7) is 6.15. The molecule has 3 rings (SSSR count). The van der Waals surface area contributed by atoms with Crippen molar-refractivity contribution in [3.05, 3.63) is 59.2 Å². The molecule has 0 fully saturated rings. The van der Waals surface area contributed by atoms with Gasteiger partial charge in [-0.15, -0.1) is 10.2 Å². The van der Waals surface area contributed by atoms with Crippen LogP contribution >= 0.6 is 23.1 Å². The number of aliphatic hydroxyl groups excluding tert-OH is 1. The first-order valence-electron chi connectivity index (χ1n) is 9.70. The number of hydrogen-bond donors (Lipinski definition) is 2. The van der Waals surface area contributed by atoms with Crippen molar-refractivity contribution < 1.29 is 14.6 Å². The number of carbonyl (C=O) groups excluding carboxylic acids is 1. The number of Topliss-reactive ketones (excluding diaryl/α,β-unsaturated/α-hetero) is 1. The van der Waals surface area contributed by atoms with E-state index in [2.05, 4.69) is 35.4 Å². The summed E-state index contributed by atoms with van der Waals surface area (Å²) in [6, 6.07) is 13.1. The van der Waals surface area contributed by atoms with E-state index in [0.29, 0.717) is 23.5 Å². The van der Waals surface area contributed by atoms with E-state index in [1.165, 1.54) is 34.2 Å². The summed E-state index contributed by atoms with van der Waals surface area (Å²) in [5.41, 5.74) is 4.08. The summed E-state index contributed by atoms with van der Waals surface area (Å²) >= 11 is 2.89. The smallest absolute Gasteiger partial charge is 0.210 e. The molecule has 2 N–H and O–H groups in total. The Morgan fingerprint density at radius 2 is 1.97 bits per heavy atom. The molecule has 1 aromatic heterocycles. The van der Waals surface area contributed by atoms with E-state index < -0.39 is 6.10 Å². The maximum Gasteiger partial charge on any atom is 0.210 e. The molecule has 0 bridgehead atoms. The van der Waals surface area contributed by atoms with Crippen molar-refractivity contribution in [1.82, 2.24) is 10.2 Å². The van der Waals surface area contributed by atoms with Crippen molar-refractivity contribution in [3.8, 4) is 5.75 Å². The first-order chi connectivity index (χ1) is 14.5. The summed E-state index contributed by atoms with van der Waals surface area (Å²) in [6.07, 6.45) is -0.171. The predicted octanol–water partition coefficient (Wildman–Crippen LogP) is 5.02. The Morgan fingerprint density at radius 1 is 1.20 bits per heavy atom. The van der Waals surface area contributed by atoms with Crippen molar-refractivity contribution in [2.75, 3.05) is 17.7 Å². The molecule has 0 saturated carbocycles. The Balaban J connectivity index is 1.45. The number of ketones is 1. The van der Waals surface area contributed by atoms with Crippen LogP contribution in [0.4, 0.5) is 10.8 Å². The van der Waals surface area contributed by atoms with Gasteiger partial charge in [-0.2, -0.15) is 0 Å². The molecule has 1 unspecified atom stereocenters. The van der Waals surface area contributed by atoms with Gasteiger partial charge in [0, 0.05) is 23.4 Å². The average molecular weight is 444 g/mol.